The summed E-state index contributed by atoms with van der Waals surface area (Å²) in [4.78, 5) is 24.4. The van der Waals surface area contributed by atoms with Gasteiger partial charge in [0.15, 0.2) is 6.61 Å². The number of ether oxygens (including phenoxy) is 1. The summed E-state index contributed by atoms with van der Waals surface area (Å²) in [6.07, 6.45) is 1.38. The number of carbonyl (C=O) groups excluding carboxylic acids is 1. The first-order valence-electron chi connectivity index (χ1n) is 7.61. The highest BCUT2D eigenvalue weighted by Gasteiger charge is 2.24. The molecule has 2 aromatic rings. The number of non-ortho nitro benzene ring substituents is 1. The molecule has 0 saturated carbocycles. The lowest BCUT2D eigenvalue weighted by atomic mass is 10.0. The standard InChI is InChI=1S/C17H14ClFN2O4/c18-14-9-12(19)3-6-16(14)25-10-17(22)20-7-1-2-11-8-13(21(23)24)4-5-15(11)20/h3-6,8-9H,1-2,7,10H2. The number of nitro benzene ring substituents is 1. The number of carbonyl (C=O) groups is 1. The van der Waals surface area contributed by atoms with E-state index in [1.165, 1.54) is 24.3 Å². The van der Waals surface area contributed by atoms with E-state index in [-0.39, 0.29) is 29.0 Å². The van der Waals surface area contributed by atoms with Crippen molar-refractivity contribution in [3.63, 3.8) is 0 Å². The van der Waals surface area contributed by atoms with Crippen molar-refractivity contribution in [2.75, 3.05) is 18.1 Å². The van der Waals surface area contributed by atoms with Crippen molar-refractivity contribution in [2.24, 2.45) is 0 Å². The molecule has 0 N–H and O–H groups in total. The fourth-order valence-electron chi connectivity index (χ4n) is 2.77. The third-order valence-corrected chi connectivity index (χ3v) is 4.23. The van der Waals surface area contributed by atoms with Gasteiger partial charge in [-0.2, -0.15) is 0 Å². The maximum absolute atomic E-state index is 13.0. The summed E-state index contributed by atoms with van der Waals surface area (Å²) in [6.45, 7) is 0.242. The van der Waals surface area contributed by atoms with Crippen LogP contribution in [0.3, 0.4) is 0 Å². The van der Waals surface area contributed by atoms with Crippen LogP contribution >= 0.6 is 11.6 Å². The van der Waals surface area contributed by atoms with Gasteiger partial charge in [0, 0.05) is 24.4 Å². The molecular formula is C17H14ClFN2O4. The van der Waals surface area contributed by atoms with Crippen molar-refractivity contribution in [1.29, 1.82) is 0 Å². The van der Waals surface area contributed by atoms with E-state index in [1.54, 1.807) is 11.0 Å². The van der Waals surface area contributed by atoms with Crippen molar-refractivity contribution in [3.05, 3.63) is 62.9 Å². The normalized spacial score (nSPS) is 13.3. The van der Waals surface area contributed by atoms with Crippen molar-refractivity contribution < 1.29 is 18.8 Å². The van der Waals surface area contributed by atoms with Crippen molar-refractivity contribution in [2.45, 2.75) is 12.8 Å². The Hall–Kier alpha value is -2.67. The molecule has 0 aromatic heterocycles. The monoisotopic (exact) mass is 364 g/mol. The van der Waals surface area contributed by atoms with E-state index in [0.717, 1.165) is 11.6 Å². The highest BCUT2D eigenvalue weighted by Crippen LogP contribution is 2.31. The summed E-state index contributed by atoms with van der Waals surface area (Å²) in [5, 5.41) is 11.0. The SMILES string of the molecule is O=C(COc1ccc(F)cc1Cl)N1CCCc2cc([N+](=O)[O-])ccc21. The molecule has 1 amide bonds. The summed E-state index contributed by atoms with van der Waals surface area (Å²) in [5.74, 6) is -0.567. The predicted molar refractivity (Wildman–Crippen MR) is 90.7 cm³/mol. The third kappa shape index (κ3) is 3.71. The molecule has 2 aromatic carbocycles. The molecule has 1 aliphatic rings. The van der Waals surface area contributed by atoms with Gasteiger partial charge in [-0.15, -0.1) is 0 Å². The fourth-order valence-corrected chi connectivity index (χ4v) is 2.99. The Kier molecular flexibility index (Phi) is 4.85. The average Bonchev–Trinajstić information content (AvgIpc) is 2.59. The van der Waals surface area contributed by atoms with Gasteiger partial charge in [0.1, 0.15) is 11.6 Å². The van der Waals surface area contributed by atoms with Crippen LogP contribution in [0.4, 0.5) is 15.8 Å². The quantitative estimate of drug-likeness (QED) is 0.612. The van der Waals surface area contributed by atoms with Crippen LogP contribution in [0.15, 0.2) is 36.4 Å². The number of nitrogens with zero attached hydrogens (tertiary/aromatic N) is 2. The van der Waals surface area contributed by atoms with Gasteiger partial charge in [0.05, 0.1) is 9.95 Å². The van der Waals surface area contributed by atoms with Gasteiger partial charge in [0.25, 0.3) is 11.6 Å². The van der Waals surface area contributed by atoms with Crippen LogP contribution in [0.1, 0.15) is 12.0 Å². The third-order valence-electron chi connectivity index (χ3n) is 3.94. The Labute approximate surface area is 147 Å². The van der Waals surface area contributed by atoms with E-state index < -0.39 is 10.7 Å². The van der Waals surface area contributed by atoms with E-state index in [4.69, 9.17) is 16.3 Å². The van der Waals surface area contributed by atoms with Crippen LogP contribution in [0.5, 0.6) is 5.75 Å². The number of hydrogen-bond donors (Lipinski definition) is 0. The zero-order valence-corrected chi connectivity index (χ0v) is 13.8. The minimum absolute atomic E-state index is 0.00222. The fraction of sp³-hybridized carbons (Fsp3) is 0.235. The molecule has 0 aliphatic carbocycles. The summed E-state index contributed by atoms with van der Waals surface area (Å²) in [5.41, 5.74) is 1.41. The first-order chi connectivity index (χ1) is 12.0. The lowest BCUT2D eigenvalue weighted by molar-refractivity contribution is -0.384. The minimum atomic E-state index is -0.491. The van der Waals surface area contributed by atoms with E-state index in [2.05, 4.69) is 0 Å². The Morgan fingerprint density at radius 2 is 2.12 bits per heavy atom. The van der Waals surface area contributed by atoms with E-state index in [9.17, 15) is 19.3 Å². The van der Waals surface area contributed by atoms with Crippen LogP contribution in [0.25, 0.3) is 0 Å². The van der Waals surface area contributed by atoms with Crippen LogP contribution in [-0.2, 0) is 11.2 Å². The van der Waals surface area contributed by atoms with Crippen molar-refractivity contribution >= 4 is 28.9 Å². The van der Waals surface area contributed by atoms with Gasteiger partial charge in [0.2, 0.25) is 0 Å². The van der Waals surface area contributed by atoms with Crippen LogP contribution in [0.2, 0.25) is 5.02 Å². The highest BCUT2D eigenvalue weighted by atomic mass is 35.5. The number of halogens is 2. The van der Waals surface area contributed by atoms with Crippen molar-refractivity contribution in [1.82, 2.24) is 0 Å². The molecule has 6 nitrogen and oxygen atoms in total. The van der Waals surface area contributed by atoms with Gasteiger partial charge in [-0.3, -0.25) is 14.9 Å². The van der Waals surface area contributed by atoms with Gasteiger partial charge in [-0.1, -0.05) is 11.6 Å². The number of amides is 1. The van der Waals surface area contributed by atoms with Gasteiger partial charge >= 0.3 is 0 Å². The number of rotatable bonds is 4. The second kappa shape index (κ2) is 7.06. The molecule has 8 heteroatoms. The Morgan fingerprint density at radius 1 is 1.32 bits per heavy atom. The predicted octanol–water partition coefficient (Wildman–Crippen LogP) is 3.75. The second-order valence-corrected chi connectivity index (χ2v) is 5.99. The van der Waals surface area contributed by atoms with Gasteiger partial charge in [-0.25, -0.2) is 4.39 Å². The van der Waals surface area contributed by atoms with E-state index in [1.807, 2.05) is 0 Å². The summed E-state index contributed by atoms with van der Waals surface area (Å²) in [7, 11) is 0. The molecule has 1 heterocycles. The second-order valence-electron chi connectivity index (χ2n) is 5.58. The first kappa shape index (κ1) is 17.2. The van der Waals surface area contributed by atoms with E-state index >= 15 is 0 Å². The molecule has 0 spiro atoms. The number of fused-ring (bicyclic) bond motifs is 1. The molecule has 0 saturated heterocycles. The van der Waals surface area contributed by atoms with Gasteiger partial charge < -0.3 is 9.64 Å². The van der Waals surface area contributed by atoms with Crippen LogP contribution in [-0.4, -0.2) is 24.0 Å². The van der Waals surface area contributed by atoms with Crippen molar-refractivity contribution in [3.8, 4) is 5.75 Å². The first-order valence-corrected chi connectivity index (χ1v) is 7.99. The Morgan fingerprint density at radius 3 is 2.84 bits per heavy atom. The van der Waals surface area contributed by atoms with Crippen LogP contribution < -0.4 is 9.64 Å². The molecule has 0 unspecified atom stereocenters. The Balaban J connectivity index is 1.74. The zero-order chi connectivity index (χ0) is 18.0. The zero-order valence-electron chi connectivity index (χ0n) is 13.1. The molecule has 130 valence electrons. The number of hydrogen-bond acceptors (Lipinski definition) is 4. The maximum Gasteiger partial charge on any atom is 0.269 e. The molecule has 25 heavy (non-hydrogen) atoms. The molecule has 0 fully saturated rings. The Bertz CT molecular complexity index is 843. The summed E-state index contributed by atoms with van der Waals surface area (Å²) < 4.78 is 18.4. The minimum Gasteiger partial charge on any atom is -0.482 e. The number of anilines is 1. The highest BCUT2D eigenvalue weighted by molar-refractivity contribution is 6.32. The molecule has 3 rings (SSSR count). The maximum atomic E-state index is 13.0. The molecule has 0 atom stereocenters. The summed E-state index contributed by atoms with van der Waals surface area (Å²) >= 11 is 5.87. The summed E-state index contributed by atoms with van der Waals surface area (Å²) in [6, 6.07) is 8.11. The largest absolute Gasteiger partial charge is 0.482 e. The molecular weight excluding hydrogens is 351 g/mol. The lowest BCUT2D eigenvalue weighted by Gasteiger charge is -2.29. The molecule has 0 radical (unpaired) electrons. The molecule has 0 bridgehead atoms. The van der Waals surface area contributed by atoms with Crippen LogP contribution in [0, 0.1) is 15.9 Å². The molecule has 1 aliphatic heterocycles. The number of benzene rings is 2. The van der Waals surface area contributed by atoms with E-state index in [0.29, 0.717) is 25.1 Å². The topological polar surface area (TPSA) is 72.7 Å². The van der Waals surface area contributed by atoms with Gasteiger partial charge in [-0.05, 0) is 42.7 Å². The average molecular weight is 365 g/mol. The number of aryl methyl sites for hydroxylation is 1. The smallest absolute Gasteiger partial charge is 0.269 e. The lowest BCUT2D eigenvalue weighted by Crippen LogP contribution is -2.38. The number of nitro groups is 1.